The van der Waals surface area contributed by atoms with Crippen molar-refractivity contribution in [1.82, 2.24) is 29.8 Å². The molecule has 4 aliphatic heterocycles. The normalized spacial score (nSPS) is 19.7. The van der Waals surface area contributed by atoms with Gasteiger partial charge < -0.3 is 39.3 Å². The Morgan fingerprint density at radius 1 is 0.787 bits per heavy atom. The molecular formula is C34H55FN6O6. The molecule has 1 aromatic carbocycles. The number of halogens is 1. The van der Waals surface area contributed by atoms with Crippen molar-refractivity contribution < 1.29 is 34.4 Å². The first-order valence-corrected chi connectivity index (χ1v) is 16.6. The van der Waals surface area contributed by atoms with Crippen LogP contribution >= 0.6 is 0 Å². The molecule has 13 heteroatoms. The highest BCUT2D eigenvalue weighted by Gasteiger charge is 2.37. The first-order chi connectivity index (χ1) is 22.6. The lowest BCUT2D eigenvalue weighted by atomic mass is 10.0. The van der Waals surface area contributed by atoms with E-state index in [-0.39, 0.29) is 36.3 Å². The molecule has 4 fully saturated rings. The highest BCUT2D eigenvalue weighted by molar-refractivity contribution is 5.77. The first kappa shape index (κ1) is 36.1. The van der Waals surface area contributed by atoms with Crippen LogP contribution in [0.5, 0.6) is 0 Å². The molecule has 5 rings (SSSR count). The van der Waals surface area contributed by atoms with Gasteiger partial charge in [0, 0.05) is 71.0 Å². The van der Waals surface area contributed by atoms with Crippen molar-refractivity contribution in [2.24, 2.45) is 0 Å². The third-order valence-corrected chi connectivity index (χ3v) is 8.35. The van der Waals surface area contributed by atoms with Gasteiger partial charge in [-0.05, 0) is 72.8 Å². The maximum atomic E-state index is 12.8. The second-order valence-electron chi connectivity index (χ2n) is 14.2. The lowest BCUT2D eigenvalue weighted by molar-refractivity contribution is 0.0159. The van der Waals surface area contributed by atoms with Gasteiger partial charge in [0.2, 0.25) is 0 Å². The number of carbonyl (C=O) groups is 4. The van der Waals surface area contributed by atoms with E-state index in [4.69, 9.17) is 10.8 Å². The molecule has 0 bridgehead atoms. The zero-order valence-electron chi connectivity index (χ0n) is 30.0. The van der Waals surface area contributed by atoms with Crippen molar-refractivity contribution in [3.63, 3.8) is 0 Å². The van der Waals surface area contributed by atoms with Crippen LogP contribution in [0.1, 0.15) is 74.2 Å². The van der Waals surface area contributed by atoms with E-state index in [0.29, 0.717) is 32.7 Å². The molecule has 0 unspecified atom stereocenters. The van der Waals surface area contributed by atoms with Crippen LogP contribution < -0.4 is 5.32 Å². The standard InChI is InChI=1S/C20H29N3O3.C13H23N3O3.CH3F/c1-20(2,3)26-19(25)21-11-9-17(10-12-21)23-14-13-22(18(23)24)15-16-7-5-4-6-8-16;1-13(2,3)19-12(18)15-7-4-10(5-8-15)16-9-6-14-11(16)17;1-2/h4-8,17H,9-15H2,1-3H3;10H,4-9H2,1-3H3,(H,14,17);1H3/i;;1D. The van der Waals surface area contributed by atoms with Gasteiger partial charge >= 0.3 is 24.2 Å². The van der Waals surface area contributed by atoms with Crippen LogP contribution in [0.25, 0.3) is 0 Å². The number of nitrogens with zero attached hydrogens (tertiary/aromatic N) is 5. The lowest BCUT2D eigenvalue weighted by Crippen LogP contribution is -2.49. The smallest absolute Gasteiger partial charge is 0.410 e. The number of likely N-dealkylation sites (tertiary alicyclic amines) is 2. The number of urea groups is 2. The number of ether oxygens (including phenoxy) is 2. The van der Waals surface area contributed by atoms with Gasteiger partial charge in [0.1, 0.15) is 11.2 Å². The van der Waals surface area contributed by atoms with Crippen molar-refractivity contribution in [3.8, 4) is 0 Å². The fraction of sp³-hybridized carbons (Fsp3) is 0.706. The monoisotopic (exact) mass is 663 g/mol. The summed E-state index contributed by atoms with van der Waals surface area (Å²) in [5, 5.41) is 2.81. The van der Waals surface area contributed by atoms with Gasteiger partial charge in [0.15, 0.2) is 0 Å². The quantitative estimate of drug-likeness (QED) is 0.467. The van der Waals surface area contributed by atoms with Gasteiger partial charge in [-0.25, -0.2) is 19.2 Å². The van der Waals surface area contributed by atoms with E-state index in [1.807, 2.05) is 74.4 Å². The van der Waals surface area contributed by atoms with E-state index < -0.39 is 18.4 Å². The van der Waals surface area contributed by atoms with Crippen LogP contribution in [0, 0.1) is 0 Å². The zero-order chi connectivity index (χ0) is 35.5. The van der Waals surface area contributed by atoms with E-state index in [1.54, 1.807) is 9.80 Å². The summed E-state index contributed by atoms with van der Waals surface area (Å²) < 4.78 is 26.3. The van der Waals surface area contributed by atoms with Crippen LogP contribution in [-0.4, -0.2) is 132 Å². The molecule has 1 N–H and O–H groups in total. The predicted molar refractivity (Wildman–Crippen MR) is 178 cm³/mol. The van der Waals surface area contributed by atoms with Crippen molar-refractivity contribution in [3.05, 3.63) is 35.9 Å². The number of hydrogen-bond donors (Lipinski definition) is 1. The SMILES string of the molecule is CC(C)(C)OC(=O)N1CCC(N2CCN(Cc3ccccc3)C2=O)CC1.CC(C)(C)OC(=O)N1CCC(N2CCNC2=O)CC1.[2H]CF. The molecule has 4 saturated heterocycles. The Balaban J connectivity index is 0.000000251. The molecule has 0 aromatic heterocycles. The molecule has 4 heterocycles. The number of carbonyl (C=O) groups excluding carboxylic acids is 4. The summed E-state index contributed by atoms with van der Waals surface area (Å²) in [4.78, 5) is 57.7. The Morgan fingerprint density at radius 2 is 1.26 bits per heavy atom. The Hall–Kier alpha value is -3.77. The van der Waals surface area contributed by atoms with Crippen LogP contribution in [0.4, 0.5) is 23.6 Å². The van der Waals surface area contributed by atoms with Gasteiger partial charge in [-0.1, -0.05) is 30.3 Å². The van der Waals surface area contributed by atoms with E-state index in [0.717, 1.165) is 57.4 Å². The van der Waals surface area contributed by atoms with Crippen molar-refractivity contribution in [2.75, 3.05) is 59.5 Å². The van der Waals surface area contributed by atoms with E-state index in [9.17, 15) is 23.6 Å². The molecule has 0 saturated carbocycles. The van der Waals surface area contributed by atoms with E-state index in [1.165, 1.54) is 0 Å². The molecule has 6 amide bonds. The highest BCUT2D eigenvalue weighted by Crippen LogP contribution is 2.24. The summed E-state index contributed by atoms with van der Waals surface area (Å²) in [6.45, 7) is 17.5. The molecule has 12 nitrogen and oxygen atoms in total. The minimum absolute atomic E-state index is 0.0238. The summed E-state index contributed by atoms with van der Waals surface area (Å²) >= 11 is 0. The predicted octanol–water partition coefficient (Wildman–Crippen LogP) is 5.32. The Labute approximate surface area is 280 Å². The van der Waals surface area contributed by atoms with Crippen molar-refractivity contribution in [2.45, 2.75) is 97.1 Å². The van der Waals surface area contributed by atoms with Gasteiger partial charge in [0.25, 0.3) is 0 Å². The van der Waals surface area contributed by atoms with Gasteiger partial charge in [-0.2, -0.15) is 0 Å². The highest BCUT2D eigenvalue weighted by atomic mass is 19.1. The van der Waals surface area contributed by atoms with Crippen LogP contribution in [0.3, 0.4) is 0 Å². The fourth-order valence-corrected chi connectivity index (χ4v) is 6.10. The van der Waals surface area contributed by atoms with Gasteiger partial charge in [0.05, 0.1) is 8.52 Å². The molecule has 47 heavy (non-hydrogen) atoms. The fourth-order valence-electron chi connectivity index (χ4n) is 6.10. The third-order valence-electron chi connectivity index (χ3n) is 8.35. The average Bonchev–Trinajstić information content (AvgIpc) is 3.61. The Morgan fingerprint density at radius 3 is 1.68 bits per heavy atom. The Kier molecular flexibility index (Phi) is 12.9. The van der Waals surface area contributed by atoms with Crippen molar-refractivity contribution >= 4 is 24.2 Å². The minimum Gasteiger partial charge on any atom is -0.444 e. The summed E-state index contributed by atoms with van der Waals surface area (Å²) in [5.41, 5.74) is 0.224. The second-order valence-corrected chi connectivity index (χ2v) is 14.2. The minimum atomic E-state index is -1.00. The molecule has 0 atom stereocenters. The zero-order valence-corrected chi connectivity index (χ0v) is 29.0. The number of benzene rings is 1. The maximum Gasteiger partial charge on any atom is 0.410 e. The van der Waals surface area contributed by atoms with E-state index in [2.05, 4.69) is 17.4 Å². The number of amides is 6. The molecule has 0 aliphatic carbocycles. The number of piperidine rings is 2. The van der Waals surface area contributed by atoms with E-state index >= 15 is 0 Å². The maximum absolute atomic E-state index is 12.8. The molecule has 264 valence electrons. The molecular weight excluding hydrogens is 607 g/mol. The summed E-state index contributed by atoms with van der Waals surface area (Å²) in [6, 6.07) is 10.7. The van der Waals surface area contributed by atoms with Crippen LogP contribution in [0.2, 0.25) is 0 Å². The lowest BCUT2D eigenvalue weighted by Gasteiger charge is -2.37. The van der Waals surface area contributed by atoms with Crippen LogP contribution in [-0.2, 0) is 16.0 Å². The molecule has 0 spiro atoms. The number of hydrogen-bond acceptors (Lipinski definition) is 6. The summed E-state index contributed by atoms with van der Waals surface area (Å²) in [6.07, 6.45) is 2.76. The van der Waals surface area contributed by atoms with Crippen LogP contribution in [0.15, 0.2) is 30.3 Å². The number of rotatable bonds is 4. The third kappa shape index (κ3) is 11.5. The Bertz CT molecular complexity index is 1200. The molecule has 0 radical (unpaired) electrons. The first-order valence-electron chi connectivity index (χ1n) is 17.3. The summed E-state index contributed by atoms with van der Waals surface area (Å²) in [5.74, 6) is 0. The topological polar surface area (TPSA) is 115 Å². The van der Waals surface area contributed by atoms with Gasteiger partial charge in [-0.3, -0.25) is 4.39 Å². The average molecular weight is 664 g/mol. The van der Waals surface area contributed by atoms with Gasteiger partial charge in [-0.15, -0.1) is 0 Å². The molecule has 1 aromatic rings. The summed E-state index contributed by atoms with van der Waals surface area (Å²) in [7, 11) is -1.00. The number of alkyl halides is 1. The molecule has 4 aliphatic rings. The number of nitrogens with one attached hydrogen (secondary N) is 1. The van der Waals surface area contributed by atoms with Crippen molar-refractivity contribution in [1.29, 1.82) is 0 Å². The second kappa shape index (κ2) is 16.9. The largest absolute Gasteiger partial charge is 0.444 e.